The number of aromatic nitrogens is 4. The van der Waals surface area contributed by atoms with E-state index < -0.39 is 0 Å². The van der Waals surface area contributed by atoms with Gasteiger partial charge in [0.2, 0.25) is 0 Å². The van der Waals surface area contributed by atoms with Gasteiger partial charge in [0.25, 0.3) is 0 Å². The third-order valence-electron chi connectivity index (χ3n) is 3.24. The van der Waals surface area contributed by atoms with E-state index >= 15 is 0 Å². The zero-order valence-electron chi connectivity index (χ0n) is 9.89. The predicted molar refractivity (Wildman–Crippen MR) is 58.7 cm³/mol. The van der Waals surface area contributed by atoms with Gasteiger partial charge in [-0.15, -0.1) is 10.2 Å². The summed E-state index contributed by atoms with van der Waals surface area (Å²) in [6, 6.07) is -0.0722. The molecule has 2 unspecified atom stereocenters. The molecule has 2 N–H and O–H groups in total. The summed E-state index contributed by atoms with van der Waals surface area (Å²) < 4.78 is 5.80. The molecule has 1 aliphatic rings. The Morgan fingerprint density at radius 3 is 2.94 bits per heavy atom. The number of hydrogen-bond donors (Lipinski definition) is 1. The van der Waals surface area contributed by atoms with Gasteiger partial charge in [-0.05, 0) is 31.4 Å². The molecule has 2 atom stereocenters. The Morgan fingerprint density at radius 1 is 1.56 bits per heavy atom. The topological polar surface area (TPSA) is 78.9 Å². The van der Waals surface area contributed by atoms with Crippen molar-refractivity contribution >= 4 is 0 Å². The molecule has 6 nitrogen and oxygen atoms in total. The first-order valence-electron chi connectivity index (χ1n) is 5.72. The SMILES string of the molecule is Cn1nnc(CC(N)C2(C)CCCCO2)n1. The van der Waals surface area contributed by atoms with Crippen LogP contribution >= 0.6 is 0 Å². The fourth-order valence-corrected chi connectivity index (χ4v) is 2.07. The average molecular weight is 225 g/mol. The van der Waals surface area contributed by atoms with Crippen LogP contribution in [0.1, 0.15) is 32.0 Å². The molecule has 90 valence electrons. The van der Waals surface area contributed by atoms with Crippen LogP contribution < -0.4 is 5.73 Å². The molecule has 1 aromatic rings. The van der Waals surface area contributed by atoms with Crippen molar-refractivity contribution < 1.29 is 4.74 Å². The number of rotatable bonds is 3. The minimum atomic E-state index is -0.239. The average Bonchev–Trinajstić information content (AvgIpc) is 2.65. The molecule has 0 bridgehead atoms. The quantitative estimate of drug-likeness (QED) is 0.785. The maximum atomic E-state index is 6.18. The van der Waals surface area contributed by atoms with Crippen LogP contribution in [0.4, 0.5) is 0 Å². The van der Waals surface area contributed by atoms with Crippen molar-refractivity contribution in [3.8, 4) is 0 Å². The van der Waals surface area contributed by atoms with Crippen molar-refractivity contribution in [1.29, 1.82) is 0 Å². The Bertz CT molecular complexity index is 345. The first-order chi connectivity index (χ1) is 7.60. The van der Waals surface area contributed by atoms with Gasteiger partial charge in [0, 0.05) is 19.1 Å². The molecule has 0 spiro atoms. The molecular weight excluding hydrogens is 206 g/mol. The zero-order valence-corrected chi connectivity index (χ0v) is 9.89. The molecule has 0 aliphatic carbocycles. The summed E-state index contributed by atoms with van der Waals surface area (Å²) >= 11 is 0. The van der Waals surface area contributed by atoms with Gasteiger partial charge in [0.05, 0.1) is 12.6 Å². The van der Waals surface area contributed by atoms with Gasteiger partial charge in [-0.25, -0.2) is 0 Å². The van der Waals surface area contributed by atoms with Gasteiger partial charge < -0.3 is 10.5 Å². The summed E-state index contributed by atoms with van der Waals surface area (Å²) in [7, 11) is 1.75. The zero-order chi connectivity index (χ0) is 11.6. The van der Waals surface area contributed by atoms with E-state index in [1.807, 2.05) is 0 Å². The highest BCUT2D eigenvalue weighted by Gasteiger charge is 2.35. The number of nitrogens with two attached hydrogens (primary N) is 1. The van der Waals surface area contributed by atoms with E-state index in [0.717, 1.165) is 19.4 Å². The summed E-state index contributed by atoms with van der Waals surface area (Å²) in [5.74, 6) is 0.686. The van der Waals surface area contributed by atoms with Crippen molar-refractivity contribution in [3.05, 3.63) is 5.82 Å². The van der Waals surface area contributed by atoms with Crippen molar-refractivity contribution in [2.24, 2.45) is 12.8 Å². The summed E-state index contributed by atoms with van der Waals surface area (Å²) in [4.78, 5) is 1.45. The number of nitrogens with zero attached hydrogens (tertiary/aromatic N) is 4. The molecular formula is C10H19N5O. The van der Waals surface area contributed by atoms with E-state index in [2.05, 4.69) is 22.3 Å². The lowest BCUT2D eigenvalue weighted by Crippen LogP contribution is -2.50. The van der Waals surface area contributed by atoms with E-state index in [-0.39, 0.29) is 11.6 Å². The van der Waals surface area contributed by atoms with Crippen LogP contribution in [0.2, 0.25) is 0 Å². The molecule has 2 rings (SSSR count). The second-order valence-electron chi connectivity index (χ2n) is 4.62. The van der Waals surface area contributed by atoms with Crippen LogP contribution in [0.25, 0.3) is 0 Å². The standard InChI is InChI=1S/C10H19N5O/c1-10(5-3-4-6-16-10)8(11)7-9-12-14-15(2)13-9/h8H,3-7,11H2,1-2H3. The molecule has 0 amide bonds. The van der Waals surface area contributed by atoms with E-state index in [9.17, 15) is 0 Å². The maximum Gasteiger partial charge on any atom is 0.176 e. The van der Waals surface area contributed by atoms with Gasteiger partial charge >= 0.3 is 0 Å². The second kappa shape index (κ2) is 4.47. The van der Waals surface area contributed by atoms with Crippen molar-refractivity contribution in [1.82, 2.24) is 20.2 Å². The molecule has 6 heteroatoms. The molecule has 0 radical (unpaired) electrons. The Labute approximate surface area is 95.1 Å². The van der Waals surface area contributed by atoms with Gasteiger partial charge in [-0.3, -0.25) is 0 Å². The Balaban J connectivity index is 1.98. The maximum absolute atomic E-state index is 6.18. The summed E-state index contributed by atoms with van der Waals surface area (Å²) in [5.41, 5.74) is 5.94. The van der Waals surface area contributed by atoms with Gasteiger partial charge in [0.15, 0.2) is 5.82 Å². The number of tetrazole rings is 1. The lowest BCUT2D eigenvalue weighted by atomic mass is 9.87. The van der Waals surface area contributed by atoms with Gasteiger partial charge in [-0.2, -0.15) is 4.80 Å². The van der Waals surface area contributed by atoms with Crippen LogP contribution in [0, 0.1) is 0 Å². The van der Waals surface area contributed by atoms with Gasteiger partial charge in [0.1, 0.15) is 0 Å². The highest BCUT2D eigenvalue weighted by molar-refractivity contribution is 4.95. The molecule has 2 heterocycles. The monoisotopic (exact) mass is 225 g/mol. The third kappa shape index (κ3) is 2.38. The van der Waals surface area contributed by atoms with Crippen molar-refractivity contribution in [2.75, 3.05) is 6.61 Å². The van der Waals surface area contributed by atoms with Crippen molar-refractivity contribution in [2.45, 2.75) is 44.2 Å². The summed E-state index contributed by atoms with van der Waals surface area (Å²) in [6.07, 6.45) is 3.93. The number of hydrogen-bond acceptors (Lipinski definition) is 5. The van der Waals surface area contributed by atoms with E-state index in [4.69, 9.17) is 10.5 Å². The van der Waals surface area contributed by atoms with E-state index in [1.165, 1.54) is 11.2 Å². The summed E-state index contributed by atoms with van der Waals surface area (Å²) in [5, 5.41) is 11.9. The van der Waals surface area contributed by atoms with Crippen LogP contribution in [-0.2, 0) is 18.2 Å². The highest BCUT2D eigenvalue weighted by Crippen LogP contribution is 2.27. The largest absolute Gasteiger partial charge is 0.374 e. The smallest absolute Gasteiger partial charge is 0.176 e. The molecule has 16 heavy (non-hydrogen) atoms. The normalized spacial score (nSPS) is 27.9. The van der Waals surface area contributed by atoms with Crippen LogP contribution in [-0.4, -0.2) is 38.5 Å². The fraction of sp³-hybridized carbons (Fsp3) is 0.900. The number of ether oxygens (including phenoxy) is 1. The molecule has 1 fully saturated rings. The van der Waals surface area contributed by atoms with Crippen LogP contribution in [0.3, 0.4) is 0 Å². The first-order valence-corrected chi connectivity index (χ1v) is 5.72. The minimum Gasteiger partial charge on any atom is -0.374 e. The lowest BCUT2D eigenvalue weighted by molar-refractivity contribution is -0.0811. The Kier molecular flexibility index (Phi) is 3.20. The molecule has 1 aliphatic heterocycles. The minimum absolute atomic E-state index is 0.0722. The Hall–Kier alpha value is -1.01. The third-order valence-corrected chi connectivity index (χ3v) is 3.24. The molecule has 0 aromatic carbocycles. The molecule has 0 saturated carbocycles. The molecule has 1 aromatic heterocycles. The number of aryl methyl sites for hydroxylation is 1. The highest BCUT2D eigenvalue weighted by atomic mass is 16.5. The fourth-order valence-electron chi connectivity index (χ4n) is 2.07. The van der Waals surface area contributed by atoms with E-state index in [1.54, 1.807) is 7.05 Å². The van der Waals surface area contributed by atoms with E-state index in [0.29, 0.717) is 12.2 Å². The summed E-state index contributed by atoms with van der Waals surface area (Å²) in [6.45, 7) is 2.88. The Morgan fingerprint density at radius 2 is 2.38 bits per heavy atom. The van der Waals surface area contributed by atoms with Gasteiger partial charge in [-0.1, -0.05) is 0 Å². The first kappa shape index (κ1) is 11.5. The van der Waals surface area contributed by atoms with Crippen LogP contribution in [0.5, 0.6) is 0 Å². The second-order valence-corrected chi connectivity index (χ2v) is 4.62. The molecule has 1 saturated heterocycles. The van der Waals surface area contributed by atoms with Crippen molar-refractivity contribution in [3.63, 3.8) is 0 Å². The lowest BCUT2D eigenvalue weighted by Gasteiger charge is -2.38. The van der Waals surface area contributed by atoms with Crippen LogP contribution in [0.15, 0.2) is 0 Å². The predicted octanol–water partition coefficient (Wildman–Crippen LogP) is 0.0391.